The van der Waals surface area contributed by atoms with Crippen LogP contribution in [0.3, 0.4) is 0 Å². The van der Waals surface area contributed by atoms with Crippen LogP contribution in [-0.4, -0.2) is 26.0 Å². The molecule has 1 aliphatic carbocycles. The Morgan fingerprint density at radius 3 is 3.00 bits per heavy atom. The summed E-state index contributed by atoms with van der Waals surface area (Å²) in [6, 6.07) is 8.45. The highest BCUT2D eigenvalue weighted by molar-refractivity contribution is 5.76. The van der Waals surface area contributed by atoms with Crippen LogP contribution < -0.4 is 10.6 Å². The molecule has 1 amide bonds. The van der Waals surface area contributed by atoms with E-state index in [4.69, 9.17) is 0 Å². The number of rotatable bonds is 5. The van der Waals surface area contributed by atoms with Crippen molar-refractivity contribution in [2.45, 2.75) is 18.8 Å². The maximum atomic E-state index is 11.4. The van der Waals surface area contributed by atoms with Crippen LogP contribution in [0.2, 0.25) is 0 Å². The number of amides is 1. The summed E-state index contributed by atoms with van der Waals surface area (Å²) in [6.07, 6.45) is 1.66. The molecule has 1 aromatic carbocycles. The van der Waals surface area contributed by atoms with E-state index in [0.29, 0.717) is 12.3 Å². The molecule has 1 aromatic rings. The van der Waals surface area contributed by atoms with E-state index in [1.54, 1.807) is 0 Å². The van der Waals surface area contributed by atoms with Gasteiger partial charge in [0.2, 0.25) is 5.91 Å². The molecule has 2 rings (SSSR count). The Hall–Kier alpha value is -1.35. The van der Waals surface area contributed by atoms with Gasteiger partial charge < -0.3 is 10.6 Å². The predicted molar refractivity (Wildman–Crippen MR) is 64.4 cm³/mol. The normalized spacial score (nSPS) is 17.4. The summed E-state index contributed by atoms with van der Waals surface area (Å²) >= 11 is 0. The molecule has 3 nitrogen and oxygen atoms in total. The van der Waals surface area contributed by atoms with E-state index in [1.165, 1.54) is 11.1 Å². The Labute approximate surface area is 96.2 Å². The van der Waals surface area contributed by atoms with E-state index in [0.717, 1.165) is 19.5 Å². The molecule has 1 aliphatic rings. The third-order valence-corrected chi connectivity index (χ3v) is 3.11. The summed E-state index contributed by atoms with van der Waals surface area (Å²) in [4.78, 5) is 11.4. The average Bonchev–Trinajstić information content (AvgIpc) is 2.27. The summed E-state index contributed by atoms with van der Waals surface area (Å²) in [7, 11) is 1.86. The highest BCUT2D eigenvalue weighted by atomic mass is 16.1. The van der Waals surface area contributed by atoms with Gasteiger partial charge in [0, 0.05) is 25.4 Å². The van der Waals surface area contributed by atoms with E-state index >= 15 is 0 Å². The highest BCUT2D eigenvalue weighted by Gasteiger charge is 2.25. The second-order valence-electron chi connectivity index (χ2n) is 4.26. The number of nitrogens with one attached hydrogen (secondary N) is 2. The zero-order chi connectivity index (χ0) is 11.4. The molecule has 0 aliphatic heterocycles. The minimum Gasteiger partial charge on any atom is -0.355 e. The Morgan fingerprint density at radius 2 is 2.25 bits per heavy atom. The van der Waals surface area contributed by atoms with Gasteiger partial charge in [-0.15, -0.1) is 0 Å². The standard InChI is InChI=1S/C13H18N2O/c1-14-7-6-13(16)15-9-11-8-10-4-2-3-5-12(10)11/h2-5,11,14H,6-9H2,1H3,(H,15,16). The maximum Gasteiger partial charge on any atom is 0.221 e. The second kappa shape index (κ2) is 5.12. The van der Waals surface area contributed by atoms with Gasteiger partial charge in [0.15, 0.2) is 0 Å². The number of hydrogen-bond acceptors (Lipinski definition) is 2. The van der Waals surface area contributed by atoms with Crippen LogP contribution in [0.1, 0.15) is 23.5 Å². The van der Waals surface area contributed by atoms with Gasteiger partial charge >= 0.3 is 0 Å². The molecule has 2 N–H and O–H groups in total. The molecule has 0 bridgehead atoms. The Balaban J connectivity index is 1.75. The van der Waals surface area contributed by atoms with Crippen molar-refractivity contribution in [3.8, 4) is 0 Å². The molecular weight excluding hydrogens is 200 g/mol. The van der Waals surface area contributed by atoms with Gasteiger partial charge in [0.25, 0.3) is 0 Å². The minimum absolute atomic E-state index is 0.138. The molecule has 0 radical (unpaired) electrons. The highest BCUT2D eigenvalue weighted by Crippen LogP contribution is 2.33. The lowest BCUT2D eigenvalue weighted by Crippen LogP contribution is -2.34. The van der Waals surface area contributed by atoms with Crippen molar-refractivity contribution >= 4 is 5.91 Å². The number of fused-ring (bicyclic) bond motifs is 1. The van der Waals surface area contributed by atoms with Gasteiger partial charge in [-0.05, 0) is 24.6 Å². The van der Waals surface area contributed by atoms with Crippen molar-refractivity contribution in [1.82, 2.24) is 10.6 Å². The van der Waals surface area contributed by atoms with Gasteiger partial charge in [-0.25, -0.2) is 0 Å². The second-order valence-corrected chi connectivity index (χ2v) is 4.26. The quantitative estimate of drug-likeness (QED) is 0.775. The predicted octanol–water partition coefficient (Wildman–Crippen LogP) is 1.05. The molecule has 0 fully saturated rings. The van der Waals surface area contributed by atoms with Crippen LogP contribution in [-0.2, 0) is 11.2 Å². The van der Waals surface area contributed by atoms with Crippen molar-refractivity contribution in [2.24, 2.45) is 0 Å². The molecule has 3 heteroatoms. The van der Waals surface area contributed by atoms with Crippen LogP contribution in [0.15, 0.2) is 24.3 Å². The van der Waals surface area contributed by atoms with E-state index in [2.05, 4.69) is 34.9 Å². The molecule has 0 saturated heterocycles. The molecule has 86 valence electrons. The molecule has 1 unspecified atom stereocenters. The molecular formula is C13H18N2O. The Kier molecular flexibility index (Phi) is 3.57. The summed E-state index contributed by atoms with van der Waals surface area (Å²) in [5.41, 5.74) is 2.83. The summed E-state index contributed by atoms with van der Waals surface area (Å²) in [6.45, 7) is 1.52. The average molecular weight is 218 g/mol. The fraction of sp³-hybridized carbons (Fsp3) is 0.462. The first-order valence-electron chi connectivity index (χ1n) is 5.80. The third kappa shape index (κ3) is 2.42. The van der Waals surface area contributed by atoms with E-state index < -0.39 is 0 Å². The first kappa shape index (κ1) is 11.1. The van der Waals surface area contributed by atoms with E-state index in [9.17, 15) is 4.79 Å². The first-order chi connectivity index (χ1) is 7.81. The van der Waals surface area contributed by atoms with Crippen LogP contribution in [0.4, 0.5) is 0 Å². The van der Waals surface area contributed by atoms with Gasteiger partial charge in [0.05, 0.1) is 0 Å². The van der Waals surface area contributed by atoms with Crippen LogP contribution in [0.5, 0.6) is 0 Å². The number of benzene rings is 1. The van der Waals surface area contributed by atoms with Crippen molar-refractivity contribution in [3.05, 3.63) is 35.4 Å². The zero-order valence-corrected chi connectivity index (χ0v) is 9.62. The largest absolute Gasteiger partial charge is 0.355 e. The number of hydrogen-bond donors (Lipinski definition) is 2. The van der Waals surface area contributed by atoms with Crippen molar-refractivity contribution in [3.63, 3.8) is 0 Å². The maximum absolute atomic E-state index is 11.4. The Bertz CT molecular complexity index is 376. The van der Waals surface area contributed by atoms with Crippen LogP contribution >= 0.6 is 0 Å². The van der Waals surface area contributed by atoms with E-state index in [-0.39, 0.29) is 5.91 Å². The summed E-state index contributed by atoms with van der Waals surface area (Å²) in [5, 5.41) is 5.95. The van der Waals surface area contributed by atoms with Crippen molar-refractivity contribution in [2.75, 3.05) is 20.1 Å². The molecule has 1 atom stereocenters. The number of carbonyl (C=O) groups excluding carboxylic acids is 1. The molecule has 0 saturated carbocycles. The molecule has 0 spiro atoms. The van der Waals surface area contributed by atoms with Crippen molar-refractivity contribution in [1.29, 1.82) is 0 Å². The minimum atomic E-state index is 0.138. The van der Waals surface area contributed by atoms with Gasteiger partial charge in [-0.3, -0.25) is 4.79 Å². The van der Waals surface area contributed by atoms with Gasteiger partial charge in [-0.1, -0.05) is 24.3 Å². The summed E-state index contributed by atoms with van der Waals surface area (Å²) < 4.78 is 0. The van der Waals surface area contributed by atoms with E-state index in [1.807, 2.05) is 7.05 Å². The smallest absolute Gasteiger partial charge is 0.221 e. The molecule has 0 aromatic heterocycles. The fourth-order valence-corrected chi connectivity index (χ4v) is 2.11. The SMILES string of the molecule is CNCCC(=O)NCC1Cc2ccccc21. The Morgan fingerprint density at radius 1 is 1.44 bits per heavy atom. The zero-order valence-electron chi connectivity index (χ0n) is 9.62. The summed E-state index contributed by atoms with van der Waals surface area (Å²) in [5.74, 6) is 0.661. The van der Waals surface area contributed by atoms with Crippen LogP contribution in [0, 0.1) is 0 Å². The van der Waals surface area contributed by atoms with Gasteiger partial charge in [-0.2, -0.15) is 0 Å². The lowest BCUT2D eigenvalue weighted by molar-refractivity contribution is -0.121. The van der Waals surface area contributed by atoms with Crippen molar-refractivity contribution < 1.29 is 4.79 Å². The molecule has 16 heavy (non-hydrogen) atoms. The third-order valence-electron chi connectivity index (χ3n) is 3.11. The lowest BCUT2D eigenvalue weighted by Gasteiger charge is -2.30. The lowest BCUT2D eigenvalue weighted by atomic mass is 9.77. The first-order valence-corrected chi connectivity index (χ1v) is 5.80. The van der Waals surface area contributed by atoms with Crippen LogP contribution in [0.25, 0.3) is 0 Å². The fourth-order valence-electron chi connectivity index (χ4n) is 2.11. The monoisotopic (exact) mass is 218 g/mol. The van der Waals surface area contributed by atoms with Gasteiger partial charge in [0.1, 0.15) is 0 Å². The molecule has 0 heterocycles. The number of carbonyl (C=O) groups is 1. The topological polar surface area (TPSA) is 41.1 Å².